The molecule has 4 rings (SSSR count). The number of nitrogens with one attached hydrogen (secondary N) is 2. The summed E-state index contributed by atoms with van der Waals surface area (Å²) in [6.07, 6.45) is 7.17. The van der Waals surface area contributed by atoms with Crippen LogP contribution in [0.5, 0.6) is 0 Å². The van der Waals surface area contributed by atoms with Crippen LogP contribution in [0.4, 0.5) is 11.4 Å². The van der Waals surface area contributed by atoms with E-state index in [0.717, 1.165) is 5.56 Å². The summed E-state index contributed by atoms with van der Waals surface area (Å²) in [5.74, 6) is -0.658. The molecule has 1 saturated heterocycles. The Kier molecular flexibility index (Phi) is 6.08. The normalized spacial score (nSPS) is 18.2. The second kappa shape index (κ2) is 9.09. The second-order valence-electron chi connectivity index (χ2n) is 7.79. The molecule has 0 saturated carbocycles. The highest BCUT2D eigenvalue weighted by molar-refractivity contribution is 6.04. The third kappa shape index (κ3) is 4.80. The average molecular weight is 419 g/mol. The Balaban J connectivity index is 1.43. The maximum absolute atomic E-state index is 13.0. The molecule has 2 atom stereocenters. The van der Waals surface area contributed by atoms with Crippen LogP contribution in [0.1, 0.15) is 48.3 Å². The van der Waals surface area contributed by atoms with Crippen LogP contribution in [0.25, 0.3) is 0 Å². The molecule has 8 nitrogen and oxygen atoms in total. The topological polar surface area (TPSA) is 98.1 Å². The summed E-state index contributed by atoms with van der Waals surface area (Å²) in [6.45, 7) is 4.63. The van der Waals surface area contributed by atoms with Crippen LogP contribution >= 0.6 is 0 Å². The number of ether oxygens (including phenoxy) is 1. The largest absolute Gasteiger partial charge is 0.373 e. The Bertz CT molecular complexity index is 1060. The molecule has 1 aliphatic rings. The highest BCUT2D eigenvalue weighted by Gasteiger charge is 2.36. The van der Waals surface area contributed by atoms with Crippen LogP contribution in [0, 0.1) is 5.92 Å². The molecule has 1 fully saturated rings. The van der Waals surface area contributed by atoms with Crippen molar-refractivity contribution in [1.29, 1.82) is 0 Å². The predicted molar refractivity (Wildman–Crippen MR) is 117 cm³/mol. The summed E-state index contributed by atoms with van der Waals surface area (Å²) in [5, 5.41) is 10.2. The summed E-state index contributed by atoms with van der Waals surface area (Å²) >= 11 is 0. The van der Waals surface area contributed by atoms with Gasteiger partial charge in [0.25, 0.3) is 5.91 Å². The molecule has 3 aromatic rings. The molecule has 0 aliphatic carbocycles. The molecular weight excluding hydrogens is 394 g/mol. The van der Waals surface area contributed by atoms with Gasteiger partial charge < -0.3 is 15.4 Å². The molecule has 2 aromatic heterocycles. The molecule has 8 heteroatoms. The van der Waals surface area contributed by atoms with Gasteiger partial charge in [0.15, 0.2) is 0 Å². The van der Waals surface area contributed by atoms with Crippen molar-refractivity contribution in [1.82, 2.24) is 14.8 Å². The minimum atomic E-state index is -0.318. The van der Waals surface area contributed by atoms with Crippen molar-refractivity contribution in [2.24, 2.45) is 5.92 Å². The van der Waals surface area contributed by atoms with Gasteiger partial charge in [0, 0.05) is 53.7 Å². The molecule has 2 N–H and O–H groups in total. The molecule has 31 heavy (non-hydrogen) atoms. The fraction of sp³-hybridized carbons (Fsp3) is 0.304. The van der Waals surface area contributed by atoms with Crippen molar-refractivity contribution >= 4 is 23.2 Å². The van der Waals surface area contributed by atoms with Gasteiger partial charge in [-0.25, -0.2) is 0 Å². The van der Waals surface area contributed by atoms with Crippen LogP contribution in [0.3, 0.4) is 0 Å². The van der Waals surface area contributed by atoms with Crippen LogP contribution in [-0.2, 0) is 9.53 Å². The predicted octanol–water partition coefficient (Wildman–Crippen LogP) is 3.83. The fourth-order valence-electron chi connectivity index (χ4n) is 3.58. The van der Waals surface area contributed by atoms with Crippen molar-refractivity contribution in [3.8, 4) is 0 Å². The maximum atomic E-state index is 13.0. The van der Waals surface area contributed by atoms with E-state index in [1.807, 2.05) is 10.9 Å². The van der Waals surface area contributed by atoms with Gasteiger partial charge >= 0.3 is 0 Å². The van der Waals surface area contributed by atoms with Crippen LogP contribution in [0.15, 0.2) is 61.2 Å². The number of carbonyl (C=O) groups excluding carboxylic acids is 2. The first-order chi connectivity index (χ1) is 15.0. The Morgan fingerprint density at radius 2 is 1.87 bits per heavy atom. The molecule has 1 aromatic carbocycles. The van der Waals surface area contributed by atoms with Gasteiger partial charge in [-0.1, -0.05) is 6.07 Å². The van der Waals surface area contributed by atoms with E-state index in [4.69, 9.17) is 4.74 Å². The van der Waals surface area contributed by atoms with E-state index < -0.39 is 0 Å². The highest BCUT2D eigenvalue weighted by atomic mass is 16.5. The fourth-order valence-corrected chi connectivity index (χ4v) is 3.58. The summed E-state index contributed by atoms with van der Waals surface area (Å²) in [7, 11) is 0. The van der Waals surface area contributed by atoms with Crippen molar-refractivity contribution in [3.05, 3.63) is 72.3 Å². The van der Waals surface area contributed by atoms with Crippen molar-refractivity contribution in [2.75, 3.05) is 17.2 Å². The van der Waals surface area contributed by atoms with Gasteiger partial charge in [-0.15, -0.1) is 0 Å². The third-order valence-corrected chi connectivity index (χ3v) is 5.24. The number of nitrogens with zero attached hydrogens (tertiary/aromatic N) is 3. The standard InChI is InChI=1S/C23H25N5O3/c1-15(2)28-14-17(13-25-28)21-20(8-11-31-21)23(30)27-19-5-3-4-18(12-19)26-22(29)16-6-9-24-10-7-16/h3-7,9-10,12-15,20-21H,8,11H2,1-2H3,(H,26,29)(H,27,30)/t20-,21+/m0/s1. The van der Waals surface area contributed by atoms with Crippen molar-refractivity contribution in [3.63, 3.8) is 0 Å². The molecule has 3 heterocycles. The van der Waals surface area contributed by atoms with Crippen molar-refractivity contribution < 1.29 is 14.3 Å². The number of anilines is 2. The third-order valence-electron chi connectivity index (χ3n) is 5.24. The number of pyridine rings is 1. The molecule has 0 spiro atoms. The number of aromatic nitrogens is 3. The van der Waals surface area contributed by atoms with Gasteiger partial charge in [-0.2, -0.15) is 5.10 Å². The zero-order valence-electron chi connectivity index (χ0n) is 17.5. The molecule has 1 aliphatic heterocycles. The van der Waals surface area contributed by atoms with E-state index in [9.17, 15) is 9.59 Å². The van der Waals surface area contributed by atoms with Gasteiger partial charge in [0.1, 0.15) is 0 Å². The van der Waals surface area contributed by atoms with Gasteiger partial charge in [0.05, 0.1) is 18.2 Å². The summed E-state index contributed by atoms with van der Waals surface area (Å²) < 4.78 is 7.71. The first-order valence-electron chi connectivity index (χ1n) is 10.3. The molecule has 0 bridgehead atoms. The summed E-state index contributed by atoms with van der Waals surface area (Å²) in [6, 6.07) is 10.6. The monoisotopic (exact) mass is 419 g/mol. The Labute approximate surface area is 180 Å². The van der Waals surface area contributed by atoms with Gasteiger partial charge in [-0.3, -0.25) is 19.3 Å². The van der Waals surface area contributed by atoms with E-state index in [0.29, 0.717) is 30.0 Å². The molecule has 160 valence electrons. The number of amides is 2. The van der Waals surface area contributed by atoms with E-state index in [2.05, 4.69) is 34.6 Å². The van der Waals surface area contributed by atoms with Crippen LogP contribution in [0.2, 0.25) is 0 Å². The number of hydrogen-bond donors (Lipinski definition) is 2. The summed E-state index contributed by atoms with van der Waals surface area (Å²) in [4.78, 5) is 29.3. The Hall–Kier alpha value is -3.52. The lowest BCUT2D eigenvalue weighted by Crippen LogP contribution is -2.25. The van der Waals surface area contributed by atoms with Gasteiger partial charge in [0.2, 0.25) is 5.91 Å². The SMILES string of the molecule is CC(C)n1cc([C@H]2OCC[C@@H]2C(=O)Nc2cccc(NC(=O)c3ccncc3)c2)cn1. The lowest BCUT2D eigenvalue weighted by Gasteiger charge is -2.17. The lowest BCUT2D eigenvalue weighted by atomic mass is 9.96. The van der Waals surface area contributed by atoms with E-state index >= 15 is 0 Å². The van der Waals surface area contributed by atoms with Crippen LogP contribution in [-0.4, -0.2) is 33.2 Å². The van der Waals surface area contributed by atoms with E-state index in [1.165, 1.54) is 0 Å². The summed E-state index contributed by atoms with van der Waals surface area (Å²) in [5.41, 5.74) is 2.63. The van der Waals surface area contributed by atoms with Crippen LogP contribution < -0.4 is 10.6 Å². The first kappa shape index (κ1) is 20.7. The van der Waals surface area contributed by atoms with E-state index in [1.54, 1.807) is 55.0 Å². The number of hydrogen-bond acceptors (Lipinski definition) is 5. The first-order valence-corrected chi connectivity index (χ1v) is 10.3. The van der Waals surface area contributed by atoms with Crippen molar-refractivity contribution in [2.45, 2.75) is 32.4 Å². The second-order valence-corrected chi connectivity index (χ2v) is 7.79. The lowest BCUT2D eigenvalue weighted by molar-refractivity contribution is -0.121. The molecule has 2 amide bonds. The zero-order chi connectivity index (χ0) is 21.8. The highest BCUT2D eigenvalue weighted by Crippen LogP contribution is 2.35. The smallest absolute Gasteiger partial charge is 0.255 e. The Morgan fingerprint density at radius 1 is 1.13 bits per heavy atom. The average Bonchev–Trinajstić information content (AvgIpc) is 3.44. The quantitative estimate of drug-likeness (QED) is 0.633. The Morgan fingerprint density at radius 3 is 2.58 bits per heavy atom. The number of rotatable bonds is 6. The minimum absolute atomic E-state index is 0.114. The molecule has 0 radical (unpaired) electrons. The van der Waals surface area contributed by atoms with Gasteiger partial charge in [-0.05, 0) is 50.6 Å². The number of benzene rings is 1. The zero-order valence-corrected chi connectivity index (χ0v) is 17.5. The molecular formula is C23H25N5O3. The molecule has 0 unspecified atom stereocenters. The van der Waals surface area contributed by atoms with E-state index in [-0.39, 0.29) is 29.9 Å². The maximum Gasteiger partial charge on any atom is 0.255 e. The number of carbonyl (C=O) groups is 2. The minimum Gasteiger partial charge on any atom is -0.373 e.